The molecule has 0 saturated heterocycles. The van der Waals surface area contributed by atoms with Gasteiger partial charge in [-0.3, -0.25) is 0 Å². The van der Waals surface area contributed by atoms with Crippen LogP contribution in [0.15, 0.2) is 22.7 Å². The van der Waals surface area contributed by atoms with E-state index >= 15 is 0 Å². The first kappa shape index (κ1) is 14.0. The molecule has 0 spiro atoms. The van der Waals surface area contributed by atoms with Crippen molar-refractivity contribution < 1.29 is 14.3 Å². The number of carboxylic acid groups (broad SMARTS) is 1. The Bertz CT molecular complexity index is 607. The zero-order valence-electron chi connectivity index (χ0n) is 11.5. The van der Waals surface area contributed by atoms with Gasteiger partial charge in [0, 0.05) is 12.1 Å². The fourth-order valence-electron chi connectivity index (χ4n) is 1.74. The quantitative estimate of drug-likeness (QED) is 0.842. The Morgan fingerprint density at radius 2 is 2.15 bits per heavy atom. The van der Waals surface area contributed by atoms with Crippen molar-refractivity contribution in [1.82, 2.24) is 9.97 Å². The summed E-state index contributed by atoms with van der Waals surface area (Å²) in [5, 5.41) is 12.1. The maximum atomic E-state index is 11.1. The number of hydrogen-bond donors (Lipinski definition) is 2. The normalized spacial score (nSPS) is 10.5. The fourth-order valence-corrected chi connectivity index (χ4v) is 1.74. The van der Waals surface area contributed by atoms with Crippen LogP contribution in [-0.2, 0) is 19.4 Å². The second-order valence-electron chi connectivity index (χ2n) is 4.32. The number of oxazole rings is 1. The summed E-state index contributed by atoms with van der Waals surface area (Å²) in [6.07, 6.45) is 3.16. The topological polar surface area (TPSA) is 88.2 Å². The van der Waals surface area contributed by atoms with Crippen LogP contribution in [0, 0.1) is 0 Å². The van der Waals surface area contributed by atoms with Crippen LogP contribution < -0.4 is 5.32 Å². The Morgan fingerprint density at radius 3 is 2.75 bits per heavy atom. The molecule has 2 heterocycles. The molecule has 106 valence electrons. The third-order valence-electron chi connectivity index (χ3n) is 2.86. The molecule has 6 heteroatoms. The highest BCUT2D eigenvalue weighted by Gasteiger charge is 2.09. The molecule has 2 aromatic heterocycles. The highest BCUT2D eigenvalue weighted by Crippen LogP contribution is 2.13. The lowest BCUT2D eigenvalue weighted by atomic mass is 10.2. The van der Waals surface area contributed by atoms with E-state index in [1.54, 1.807) is 12.3 Å². The summed E-state index contributed by atoms with van der Waals surface area (Å²) in [7, 11) is 0. The molecular formula is C14H17N3O3. The minimum atomic E-state index is -0.963. The molecule has 0 bridgehead atoms. The van der Waals surface area contributed by atoms with Crippen molar-refractivity contribution in [2.45, 2.75) is 33.2 Å². The number of hydrogen-bond acceptors (Lipinski definition) is 5. The number of aromatic carboxylic acids is 1. The number of aryl methyl sites for hydroxylation is 2. The number of nitrogens with one attached hydrogen (secondary N) is 1. The van der Waals surface area contributed by atoms with E-state index in [0.29, 0.717) is 24.7 Å². The van der Waals surface area contributed by atoms with Gasteiger partial charge >= 0.3 is 5.97 Å². The van der Waals surface area contributed by atoms with Crippen LogP contribution in [0.1, 0.15) is 41.6 Å². The maximum Gasteiger partial charge on any atom is 0.335 e. The lowest BCUT2D eigenvalue weighted by Gasteiger charge is -2.07. The SMILES string of the molecule is CCc1cc(C(=O)O)cc(NCc2ncc(CC)o2)n1. The molecule has 0 aliphatic carbocycles. The molecule has 2 rings (SSSR count). The number of anilines is 1. The monoisotopic (exact) mass is 275 g/mol. The molecule has 0 atom stereocenters. The summed E-state index contributed by atoms with van der Waals surface area (Å²) in [5.41, 5.74) is 0.954. The van der Waals surface area contributed by atoms with Crippen molar-refractivity contribution in [3.8, 4) is 0 Å². The first-order valence-electron chi connectivity index (χ1n) is 6.54. The number of aromatic nitrogens is 2. The van der Waals surface area contributed by atoms with E-state index in [1.807, 2.05) is 13.8 Å². The molecule has 2 aromatic rings. The number of nitrogens with zero attached hydrogens (tertiary/aromatic N) is 2. The van der Waals surface area contributed by atoms with Gasteiger partial charge in [-0.1, -0.05) is 13.8 Å². The molecule has 2 N–H and O–H groups in total. The van der Waals surface area contributed by atoms with Crippen molar-refractivity contribution in [3.63, 3.8) is 0 Å². The van der Waals surface area contributed by atoms with E-state index in [-0.39, 0.29) is 5.56 Å². The van der Waals surface area contributed by atoms with Gasteiger partial charge in [-0.05, 0) is 18.6 Å². The lowest BCUT2D eigenvalue weighted by molar-refractivity contribution is 0.0696. The number of carboxylic acids is 1. The van der Waals surface area contributed by atoms with Gasteiger partial charge in [0.2, 0.25) is 5.89 Å². The van der Waals surface area contributed by atoms with Crippen molar-refractivity contribution >= 4 is 11.8 Å². The van der Waals surface area contributed by atoms with Crippen LogP contribution in [0.25, 0.3) is 0 Å². The van der Waals surface area contributed by atoms with Crippen LogP contribution in [0.5, 0.6) is 0 Å². The van der Waals surface area contributed by atoms with Gasteiger partial charge in [0.25, 0.3) is 0 Å². The number of rotatable bonds is 6. The summed E-state index contributed by atoms with van der Waals surface area (Å²) in [5.74, 6) is 0.929. The average molecular weight is 275 g/mol. The zero-order valence-corrected chi connectivity index (χ0v) is 11.5. The van der Waals surface area contributed by atoms with Crippen molar-refractivity contribution in [2.75, 3.05) is 5.32 Å². The molecule has 20 heavy (non-hydrogen) atoms. The second kappa shape index (κ2) is 6.18. The van der Waals surface area contributed by atoms with Gasteiger partial charge in [-0.15, -0.1) is 0 Å². The van der Waals surface area contributed by atoms with Crippen LogP contribution in [0.2, 0.25) is 0 Å². The first-order chi connectivity index (χ1) is 9.62. The van der Waals surface area contributed by atoms with Gasteiger partial charge < -0.3 is 14.8 Å². The van der Waals surface area contributed by atoms with Gasteiger partial charge in [-0.25, -0.2) is 14.8 Å². The smallest absolute Gasteiger partial charge is 0.335 e. The Morgan fingerprint density at radius 1 is 1.35 bits per heavy atom. The van der Waals surface area contributed by atoms with E-state index in [1.165, 1.54) is 6.07 Å². The highest BCUT2D eigenvalue weighted by atomic mass is 16.4. The van der Waals surface area contributed by atoms with Crippen molar-refractivity contribution in [1.29, 1.82) is 0 Å². The van der Waals surface area contributed by atoms with Crippen molar-refractivity contribution in [2.24, 2.45) is 0 Å². The maximum absolute atomic E-state index is 11.1. The summed E-state index contributed by atoms with van der Waals surface area (Å²) in [4.78, 5) is 19.5. The molecule has 0 aliphatic rings. The number of pyridine rings is 1. The van der Waals surface area contributed by atoms with Crippen LogP contribution in [0.4, 0.5) is 5.82 Å². The van der Waals surface area contributed by atoms with E-state index in [2.05, 4.69) is 15.3 Å². The highest BCUT2D eigenvalue weighted by molar-refractivity contribution is 5.88. The standard InChI is InChI=1S/C14H17N3O3/c1-3-10-5-9(14(18)19)6-12(17-10)15-8-13-16-7-11(4-2)20-13/h5-7H,3-4,8H2,1-2H3,(H,15,17)(H,18,19). The largest absolute Gasteiger partial charge is 0.478 e. The predicted molar refractivity (Wildman–Crippen MR) is 73.8 cm³/mol. The van der Waals surface area contributed by atoms with Gasteiger partial charge in [-0.2, -0.15) is 0 Å². The number of carbonyl (C=O) groups is 1. The summed E-state index contributed by atoms with van der Waals surface area (Å²) in [6.45, 7) is 4.29. The third-order valence-corrected chi connectivity index (χ3v) is 2.86. The Hall–Kier alpha value is -2.37. The van der Waals surface area contributed by atoms with E-state index < -0.39 is 5.97 Å². The first-order valence-corrected chi connectivity index (χ1v) is 6.54. The van der Waals surface area contributed by atoms with E-state index in [9.17, 15) is 4.79 Å². The zero-order chi connectivity index (χ0) is 14.5. The van der Waals surface area contributed by atoms with Gasteiger partial charge in [0.1, 0.15) is 11.6 Å². The molecule has 0 aromatic carbocycles. The van der Waals surface area contributed by atoms with E-state index in [4.69, 9.17) is 9.52 Å². The van der Waals surface area contributed by atoms with Gasteiger partial charge in [0.05, 0.1) is 18.3 Å². The second-order valence-corrected chi connectivity index (χ2v) is 4.32. The Labute approximate surface area is 116 Å². The Balaban J connectivity index is 2.12. The minimum absolute atomic E-state index is 0.223. The van der Waals surface area contributed by atoms with Crippen LogP contribution in [0.3, 0.4) is 0 Å². The predicted octanol–water partition coefficient (Wildman–Crippen LogP) is 2.50. The third kappa shape index (κ3) is 3.34. The Kier molecular flexibility index (Phi) is 4.34. The van der Waals surface area contributed by atoms with Gasteiger partial charge in [0.15, 0.2) is 0 Å². The summed E-state index contributed by atoms with van der Waals surface area (Å²) >= 11 is 0. The summed E-state index contributed by atoms with van der Waals surface area (Å²) in [6, 6.07) is 3.08. The average Bonchev–Trinajstić information content (AvgIpc) is 2.92. The van der Waals surface area contributed by atoms with Crippen LogP contribution >= 0.6 is 0 Å². The molecule has 0 saturated carbocycles. The van der Waals surface area contributed by atoms with Crippen molar-refractivity contribution in [3.05, 3.63) is 41.2 Å². The molecule has 0 radical (unpaired) electrons. The lowest BCUT2D eigenvalue weighted by Crippen LogP contribution is -2.06. The van der Waals surface area contributed by atoms with Crippen LogP contribution in [-0.4, -0.2) is 21.0 Å². The summed E-state index contributed by atoms with van der Waals surface area (Å²) < 4.78 is 5.47. The molecule has 0 fully saturated rings. The molecule has 6 nitrogen and oxygen atoms in total. The molecule has 0 amide bonds. The molecule has 0 unspecified atom stereocenters. The van der Waals surface area contributed by atoms with E-state index in [0.717, 1.165) is 17.9 Å². The molecule has 0 aliphatic heterocycles. The fraction of sp³-hybridized carbons (Fsp3) is 0.357. The minimum Gasteiger partial charge on any atom is -0.478 e. The molecular weight excluding hydrogens is 258 g/mol.